The van der Waals surface area contributed by atoms with Gasteiger partial charge in [0.05, 0.1) is 4.47 Å². The summed E-state index contributed by atoms with van der Waals surface area (Å²) < 4.78 is 27.1. The third kappa shape index (κ3) is 2.51. The van der Waals surface area contributed by atoms with Gasteiger partial charge in [-0.3, -0.25) is 4.90 Å². The van der Waals surface area contributed by atoms with Gasteiger partial charge in [0, 0.05) is 18.7 Å². The van der Waals surface area contributed by atoms with Gasteiger partial charge < -0.3 is 5.73 Å². The van der Waals surface area contributed by atoms with Crippen molar-refractivity contribution in [3.63, 3.8) is 0 Å². The molecule has 0 bridgehead atoms. The summed E-state index contributed by atoms with van der Waals surface area (Å²) in [5.74, 6) is -0.696. The average Bonchev–Trinajstić information content (AvgIpc) is 2.65. The predicted molar refractivity (Wildman–Crippen MR) is 66.6 cm³/mol. The van der Waals surface area contributed by atoms with Gasteiger partial charge in [0.2, 0.25) is 0 Å². The molecule has 2 N–H and O–H groups in total. The molecule has 1 aromatic carbocycles. The number of hydrogen-bond acceptors (Lipinski definition) is 2. The molecule has 2 unspecified atom stereocenters. The van der Waals surface area contributed by atoms with Gasteiger partial charge in [-0.05, 0) is 53.5 Å². The first-order chi connectivity index (χ1) is 8.02. The molecule has 0 aliphatic carbocycles. The average molecular weight is 305 g/mol. The lowest BCUT2D eigenvalue weighted by molar-refractivity contribution is 0.311. The van der Waals surface area contributed by atoms with Crippen molar-refractivity contribution in [2.24, 2.45) is 11.7 Å². The van der Waals surface area contributed by atoms with Crippen molar-refractivity contribution >= 4 is 15.9 Å². The maximum Gasteiger partial charge on any atom is 0.140 e. The summed E-state index contributed by atoms with van der Waals surface area (Å²) in [6.07, 6.45) is 0.842. The highest BCUT2D eigenvalue weighted by molar-refractivity contribution is 9.10. The predicted octanol–water partition coefficient (Wildman–Crippen LogP) is 2.68. The largest absolute Gasteiger partial charge is 0.330 e. The summed E-state index contributed by atoms with van der Waals surface area (Å²) in [5.41, 5.74) is 6.32. The zero-order valence-electron chi connectivity index (χ0n) is 9.59. The smallest absolute Gasteiger partial charge is 0.140 e. The molecule has 0 spiro atoms. The second-order valence-electron chi connectivity index (χ2n) is 4.58. The van der Waals surface area contributed by atoms with Crippen LogP contribution in [0.15, 0.2) is 16.6 Å². The van der Waals surface area contributed by atoms with Crippen LogP contribution in [0.1, 0.15) is 18.0 Å². The first kappa shape index (κ1) is 12.9. The van der Waals surface area contributed by atoms with Gasteiger partial charge >= 0.3 is 0 Å². The number of hydrogen-bond donors (Lipinski definition) is 1. The summed E-state index contributed by atoms with van der Waals surface area (Å²) in [5, 5.41) is 0. The Balaban J connectivity index is 2.34. The van der Waals surface area contributed by atoms with E-state index in [0.717, 1.165) is 19.0 Å². The van der Waals surface area contributed by atoms with Crippen LogP contribution in [0.4, 0.5) is 8.78 Å². The molecular weight excluding hydrogens is 290 g/mol. The van der Waals surface area contributed by atoms with Crippen LogP contribution in [0, 0.1) is 17.6 Å². The summed E-state index contributed by atoms with van der Waals surface area (Å²) in [6.45, 7) is 1.47. The van der Waals surface area contributed by atoms with Crippen LogP contribution in [0.3, 0.4) is 0 Å². The Morgan fingerprint density at radius 3 is 2.76 bits per heavy atom. The topological polar surface area (TPSA) is 29.3 Å². The van der Waals surface area contributed by atoms with Crippen molar-refractivity contribution < 1.29 is 8.78 Å². The molecule has 1 fully saturated rings. The fourth-order valence-electron chi connectivity index (χ4n) is 2.46. The molecule has 0 radical (unpaired) electrons. The van der Waals surface area contributed by atoms with Crippen LogP contribution in [-0.2, 0) is 0 Å². The van der Waals surface area contributed by atoms with E-state index in [4.69, 9.17) is 5.73 Å². The van der Waals surface area contributed by atoms with Gasteiger partial charge in [0.1, 0.15) is 11.6 Å². The third-order valence-electron chi connectivity index (χ3n) is 3.35. The van der Waals surface area contributed by atoms with Crippen molar-refractivity contribution in [3.05, 3.63) is 33.8 Å². The van der Waals surface area contributed by atoms with Crippen LogP contribution in [0.5, 0.6) is 0 Å². The molecule has 1 aliphatic rings. The zero-order chi connectivity index (χ0) is 12.6. The number of likely N-dealkylation sites (tertiary alicyclic amines) is 1. The van der Waals surface area contributed by atoms with Gasteiger partial charge in [0.25, 0.3) is 0 Å². The molecule has 1 saturated heterocycles. The normalized spacial score (nSPS) is 25.5. The van der Waals surface area contributed by atoms with Gasteiger partial charge in [-0.15, -0.1) is 0 Å². The molecular formula is C12H15BrF2N2. The molecule has 94 valence electrons. The second-order valence-corrected chi connectivity index (χ2v) is 5.38. The molecule has 5 heteroatoms. The SMILES string of the molecule is CN1CC(CN)CC1c1cc(F)cc(F)c1Br. The van der Waals surface area contributed by atoms with E-state index in [9.17, 15) is 8.78 Å². The van der Waals surface area contributed by atoms with E-state index in [-0.39, 0.29) is 6.04 Å². The molecule has 1 aliphatic heterocycles. The fourth-order valence-corrected chi connectivity index (χ4v) is 2.95. The lowest BCUT2D eigenvalue weighted by atomic mass is 10.00. The quantitative estimate of drug-likeness (QED) is 0.851. The monoisotopic (exact) mass is 304 g/mol. The maximum absolute atomic E-state index is 13.5. The van der Waals surface area contributed by atoms with Crippen LogP contribution < -0.4 is 5.73 Å². The molecule has 1 aromatic rings. The van der Waals surface area contributed by atoms with Crippen molar-refractivity contribution in [2.45, 2.75) is 12.5 Å². The van der Waals surface area contributed by atoms with E-state index in [0.29, 0.717) is 22.5 Å². The number of nitrogens with two attached hydrogens (primary N) is 1. The molecule has 0 aromatic heterocycles. The Morgan fingerprint density at radius 2 is 2.18 bits per heavy atom. The van der Waals surface area contributed by atoms with Gasteiger partial charge in [0.15, 0.2) is 0 Å². The first-order valence-corrected chi connectivity index (χ1v) is 6.37. The number of nitrogens with zero attached hydrogens (tertiary/aromatic N) is 1. The summed E-state index contributed by atoms with van der Waals surface area (Å²) in [7, 11) is 1.95. The minimum Gasteiger partial charge on any atom is -0.330 e. The molecule has 0 saturated carbocycles. The highest BCUT2D eigenvalue weighted by Gasteiger charge is 2.31. The van der Waals surface area contributed by atoms with Crippen LogP contribution in [0.2, 0.25) is 0 Å². The van der Waals surface area contributed by atoms with Gasteiger partial charge in [-0.25, -0.2) is 8.78 Å². The molecule has 2 atom stereocenters. The van der Waals surface area contributed by atoms with Gasteiger partial charge in [-0.1, -0.05) is 0 Å². The third-order valence-corrected chi connectivity index (χ3v) is 4.18. The Hall–Kier alpha value is -0.520. The van der Waals surface area contributed by atoms with Crippen molar-refractivity contribution in [1.29, 1.82) is 0 Å². The van der Waals surface area contributed by atoms with Gasteiger partial charge in [-0.2, -0.15) is 0 Å². The van der Waals surface area contributed by atoms with Crippen LogP contribution in [0.25, 0.3) is 0 Å². The number of halogens is 3. The Bertz CT molecular complexity index is 425. The highest BCUT2D eigenvalue weighted by atomic mass is 79.9. The summed E-state index contributed by atoms with van der Waals surface area (Å²) >= 11 is 3.19. The minimum atomic E-state index is -0.551. The van der Waals surface area contributed by atoms with Crippen molar-refractivity contribution in [2.75, 3.05) is 20.1 Å². The highest BCUT2D eigenvalue weighted by Crippen LogP contribution is 2.38. The lowest BCUT2D eigenvalue weighted by Gasteiger charge is -2.21. The number of rotatable bonds is 2. The molecule has 2 rings (SSSR count). The zero-order valence-corrected chi connectivity index (χ0v) is 11.2. The Labute approximate surface area is 108 Å². The summed E-state index contributed by atoms with van der Waals surface area (Å²) in [6, 6.07) is 2.32. The molecule has 0 amide bonds. The van der Waals surface area contributed by atoms with E-state index in [1.807, 2.05) is 7.05 Å². The van der Waals surface area contributed by atoms with E-state index in [1.54, 1.807) is 0 Å². The van der Waals surface area contributed by atoms with Crippen molar-refractivity contribution in [3.8, 4) is 0 Å². The standard InChI is InChI=1S/C12H15BrF2N2/c1-17-6-7(5-16)2-11(17)9-3-8(14)4-10(15)12(9)13/h3-4,7,11H,2,5-6,16H2,1H3. The van der Waals surface area contributed by atoms with E-state index in [1.165, 1.54) is 6.07 Å². The molecule has 17 heavy (non-hydrogen) atoms. The Morgan fingerprint density at radius 1 is 1.47 bits per heavy atom. The minimum absolute atomic E-state index is 0.0307. The van der Waals surface area contributed by atoms with Crippen LogP contribution in [-0.4, -0.2) is 25.0 Å². The lowest BCUT2D eigenvalue weighted by Crippen LogP contribution is -2.21. The molecule has 1 heterocycles. The van der Waals surface area contributed by atoms with E-state index < -0.39 is 11.6 Å². The number of benzene rings is 1. The van der Waals surface area contributed by atoms with E-state index >= 15 is 0 Å². The van der Waals surface area contributed by atoms with Crippen molar-refractivity contribution in [1.82, 2.24) is 4.90 Å². The Kier molecular flexibility index (Phi) is 3.80. The summed E-state index contributed by atoms with van der Waals surface area (Å²) in [4.78, 5) is 2.09. The first-order valence-electron chi connectivity index (χ1n) is 5.57. The molecule has 2 nitrogen and oxygen atoms in total. The van der Waals surface area contributed by atoms with Crippen LogP contribution >= 0.6 is 15.9 Å². The fraction of sp³-hybridized carbons (Fsp3) is 0.500. The second kappa shape index (κ2) is 5.00. The maximum atomic E-state index is 13.5. The van der Waals surface area contributed by atoms with E-state index in [2.05, 4.69) is 20.8 Å².